The molecule has 2 saturated carbocycles. The van der Waals surface area contributed by atoms with E-state index in [1.54, 1.807) is 0 Å². The van der Waals surface area contributed by atoms with Crippen LogP contribution in [0.5, 0.6) is 11.5 Å². The lowest BCUT2D eigenvalue weighted by Gasteiger charge is -2.53. The molecule has 6 rings (SSSR count). The van der Waals surface area contributed by atoms with Crippen LogP contribution in [-0.2, 0) is 4.79 Å². The molecule has 2 aromatic carbocycles. The Kier molecular flexibility index (Phi) is 5.69. The number of carbonyl (C=O) groups is 1. The SMILES string of the molecule is CC#C[C@]1(O)CC[C@H]2[C@@H]3CCC4=CC(=O)CCC4=C3[C@@H](c3ccc(Oc4ccccc4)cc3)C[C@@]21C. The van der Waals surface area contributed by atoms with E-state index < -0.39 is 5.60 Å². The summed E-state index contributed by atoms with van der Waals surface area (Å²) in [6.45, 7) is 4.12. The summed E-state index contributed by atoms with van der Waals surface area (Å²) in [5.74, 6) is 9.25. The van der Waals surface area contributed by atoms with Gasteiger partial charge in [-0.05, 0) is 104 Å². The fraction of sp³-hybridized carbons (Fsp3) is 0.424. The first-order chi connectivity index (χ1) is 17.4. The van der Waals surface area contributed by atoms with Gasteiger partial charge in [0.1, 0.15) is 17.1 Å². The second kappa shape index (κ2) is 8.79. The van der Waals surface area contributed by atoms with Gasteiger partial charge in [-0.1, -0.05) is 48.7 Å². The molecule has 0 radical (unpaired) electrons. The quantitative estimate of drug-likeness (QED) is 0.477. The van der Waals surface area contributed by atoms with Crippen LogP contribution < -0.4 is 4.74 Å². The van der Waals surface area contributed by atoms with E-state index in [0.717, 1.165) is 50.0 Å². The highest BCUT2D eigenvalue weighted by molar-refractivity contribution is 5.93. The summed E-state index contributed by atoms with van der Waals surface area (Å²) in [4.78, 5) is 12.2. The van der Waals surface area contributed by atoms with Gasteiger partial charge < -0.3 is 9.84 Å². The third kappa shape index (κ3) is 3.66. The third-order valence-corrected chi connectivity index (χ3v) is 9.48. The number of rotatable bonds is 3. The predicted octanol–water partition coefficient (Wildman–Crippen LogP) is 7.13. The zero-order valence-electron chi connectivity index (χ0n) is 21.2. The van der Waals surface area contributed by atoms with Gasteiger partial charge in [-0.3, -0.25) is 4.79 Å². The number of hydrogen-bond donors (Lipinski definition) is 1. The van der Waals surface area contributed by atoms with Crippen molar-refractivity contribution in [2.75, 3.05) is 0 Å². The molecule has 0 bridgehead atoms. The smallest absolute Gasteiger partial charge is 0.156 e. The number of hydrogen-bond acceptors (Lipinski definition) is 3. The Morgan fingerprint density at radius 3 is 2.47 bits per heavy atom. The maximum atomic E-state index is 12.2. The molecular formula is C33H34O3. The van der Waals surface area contributed by atoms with Crippen molar-refractivity contribution < 1.29 is 14.6 Å². The number of fused-ring (bicyclic) bond motifs is 4. The second-order valence-electron chi connectivity index (χ2n) is 11.3. The van der Waals surface area contributed by atoms with Crippen LogP contribution in [0.25, 0.3) is 0 Å². The maximum absolute atomic E-state index is 12.2. The molecule has 4 aliphatic rings. The van der Waals surface area contributed by atoms with E-state index in [0.29, 0.717) is 18.3 Å². The predicted molar refractivity (Wildman–Crippen MR) is 142 cm³/mol. The van der Waals surface area contributed by atoms with Crippen molar-refractivity contribution in [2.45, 2.75) is 70.3 Å². The monoisotopic (exact) mass is 478 g/mol. The molecule has 5 atom stereocenters. The van der Waals surface area contributed by atoms with E-state index in [4.69, 9.17) is 4.74 Å². The molecular weight excluding hydrogens is 444 g/mol. The number of benzene rings is 2. The summed E-state index contributed by atoms with van der Waals surface area (Å²) in [5.41, 5.74) is 4.28. The number of aliphatic hydroxyl groups is 1. The molecule has 0 aliphatic heterocycles. The third-order valence-electron chi connectivity index (χ3n) is 9.48. The summed E-state index contributed by atoms with van der Waals surface area (Å²) >= 11 is 0. The Morgan fingerprint density at radius 1 is 0.972 bits per heavy atom. The number of allylic oxidation sites excluding steroid dienone is 4. The Balaban J connectivity index is 1.43. The summed E-state index contributed by atoms with van der Waals surface area (Å²) in [7, 11) is 0. The molecule has 0 unspecified atom stereocenters. The van der Waals surface area contributed by atoms with Crippen molar-refractivity contribution >= 4 is 5.78 Å². The summed E-state index contributed by atoms with van der Waals surface area (Å²) in [6, 6.07) is 18.4. The molecule has 3 heteroatoms. The average Bonchev–Trinajstić information content (AvgIpc) is 3.14. The summed E-state index contributed by atoms with van der Waals surface area (Å²) in [5, 5.41) is 11.8. The first-order valence-corrected chi connectivity index (χ1v) is 13.4. The molecule has 4 aliphatic carbocycles. The summed E-state index contributed by atoms with van der Waals surface area (Å²) in [6.07, 6.45) is 8.03. The molecule has 36 heavy (non-hydrogen) atoms. The molecule has 1 N–H and O–H groups in total. The molecule has 0 aromatic heterocycles. The highest BCUT2D eigenvalue weighted by Crippen LogP contribution is 2.66. The van der Waals surface area contributed by atoms with Gasteiger partial charge in [-0.2, -0.15) is 0 Å². The van der Waals surface area contributed by atoms with E-state index in [2.05, 4.69) is 43.0 Å². The van der Waals surface area contributed by atoms with Gasteiger partial charge in [0.25, 0.3) is 0 Å². The van der Waals surface area contributed by atoms with Gasteiger partial charge in [-0.25, -0.2) is 0 Å². The van der Waals surface area contributed by atoms with Crippen molar-refractivity contribution in [2.24, 2.45) is 17.3 Å². The normalized spacial score (nSPS) is 33.0. The molecule has 3 nitrogen and oxygen atoms in total. The Hall–Kier alpha value is -3.09. The van der Waals surface area contributed by atoms with E-state index >= 15 is 0 Å². The molecule has 2 fully saturated rings. The van der Waals surface area contributed by atoms with E-state index in [9.17, 15) is 9.90 Å². The van der Waals surface area contributed by atoms with Gasteiger partial charge in [0, 0.05) is 17.8 Å². The zero-order chi connectivity index (χ0) is 24.9. The average molecular weight is 479 g/mol. The van der Waals surface area contributed by atoms with Crippen LogP contribution >= 0.6 is 0 Å². The Bertz CT molecular complexity index is 1310. The highest BCUT2D eigenvalue weighted by atomic mass is 16.5. The largest absolute Gasteiger partial charge is 0.457 e. The van der Waals surface area contributed by atoms with Crippen LogP contribution in [0.1, 0.15) is 70.3 Å². The number of carbonyl (C=O) groups excluding carboxylic acids is 1. The van der Waals surface area contributed by atoms with Gasteiger partial charge in [0.2, 0.25) is 0 Å². The molecule has 2 aromatic rings. The minimum atomic E-state index is -0.949. The highest BCUT2D eigenvalue weighted by Gasteiger charge is 2.62. The Labute approximate surface area is 214 Å². The standard InChI is InChI=1S/C33H34O3/c1-3-18-33(35)19-17-30-28-15-11-23-20-24(34)12-16-27(23)31(28)29(21-32(30,33)2)22-9-13-26(14-10-22)36-25-7-5-4-6-8-25/h4-10,13-14,20,28-30,35H,11-12,15-17,19,21H2,1-2H3/t28-,29+,30-,32-,33-/m0/s1. The molecule has 0 saturated heterocycles. The number of ether oxygens (including phenoxy) is 1. The topological polar surface area (TPSA) is 46.5 Å². The van der Waals surface area contributed by atoms with Crippen LogP contribution in [0.3, 0.4) is 0 Å². The van der Waals surface area contributed by atoms with Gasteiger partial charge in [0.15, 0.2) is 5.78 Å². The van der Waals surface area contributed by atoms with Gasteiger partial charge in [-0.15, -0.1) is 5.92 Å². The van der Waals surface area contributed by atoms with Crippen molar-refractivity contribution in [3.63, 3.8) is 0 Å². The first-order valence-electron chi connectivity index (χ1n) is 13.4. The van der Waals surface area contributed by atoms with Crippen LogP contribution in [-0.4, -0.2) is 16.5 Å². The van der Waals surface area contributed by atoms with Crippen LogP contribution in [0.4, 0.5) is 0 Å². The maximum Gasteiger partial charge on any atom is 0.156 e. The zero-order valence-corrected chi connectivity index (χ0v) is 21.2. The Morgan fingerprint density at radius 2 is 1.72 bits per heavy atom. The van der Waals surface area contributed by atoms with Gasteiger partial charge >= 0.3 is 0 Å². The van der Waals surface area contributed by atoms with Crippen molar-refractivity contribution in [1.29, 1.82) is 0 Å². The van der Waals surface area contributed by atoms with E-state index in [-0.39, 0.29) is 17.1 Å². The lowest BCUT2D eigenvalue weighted by molar-refractivity contribution is -0.114. The summed E-state index contributed by atoms with van der Waals surface area (Å²) < 4.78 is 6.06. The molecule has 184 valence electrons. The van der Waals surface area contributed by atoms with Crippen LogP contribution in [0, 0.1) is 29.1 Å². The van der Waals surface area contributed by atoms with Crippen LogP contribution in [0.2, 0.25) is 0 Å². The lowest BCUT2D eigenvalue weighted by Crippen LogP contribution is -2.51. The minimum absolute atomic E-state index is 0.206. The fourth-order valence-corrected chi connectivity index (χ4v) is 7.77. The first kappa shape index (κ1) is 23.3. The second-order valence-corrected chi connectivity index (χ2v) is 11.3. The molecule has 0 amide bonds. The van der Waals surface area contributed by atoms with Crippen LogP contribution in [0.15, 0.2) is 77.4 Å². The van der Waals surface area contributed by atoms with E-state index in [1.807, 2.05) is 43.3 Å². The number of ketones is 1. The van der Waals surface area contributed by atoms with Crippen molar-refractivity contribution in [3.05, 3.63) is 83.0 Å². The van der Waals surface area contributed by atoms with Crippen molar-refractivity contribution in [3.8, 4) is 23.3 Å². The molecule has 0 spiro atoms. The molecule has 0 heterocycles. The van der Waals surface area contributed by atoms with E-state index in [1.165, 1.54) is 22.3 Å². The number of para-hydroxylation sites is 1. The lowest BCUT2D eigenvalue weighted by atomic mass is 9.51. The minimum Gasteiger partial charge on any atom is -0.457 e. The van der Waals surface area contributed by atoms with Gasteiger partial charge in [0.05, 0.1) is 0 Å². The van der Waals surface area contributed by atoms with Crippen molar-refractivity contribution in [1.82, 2.24) is 0 Å². The fourth-order valence-electron chi connectivity index (χ4n) is 7.77.